The monoisotopic (exact) mass is 282 g/mol. The Labute approximate surface area is 126 Å². The van der Waals surface area contributed by atoms with Crippen molar-refractivity contribution in [3.63, 3.8) is 0 Å². The standard InChI is InChI=1S/C18H22N2O/c1-2-11-20(14-15-7-4-3-5-8-15)18(21)13-16-9-6-10-17(19)12-16/h3-10,12H,2,11,13-14,19H2,1H3. The lowest BCUT2D eigenvalue weighted by Gasteiger charge is -2.22. The molecule has 110 valence electrons. The Morgan fingerprint density at radius 2 is 1.76 bits per heavy atom. The second-order valence-electron chi connectivity index (χ2n) is 5.22. The Hall–Kier alpha value is -2.29. The van der Waals surface area contributed by atoms with E-state index in [0.717, 1.165) is 24.1 Å². The summed E-state index contributed by atoms with van der Waals surface area (Å²) in [4.78, 5) is 14.4. The first-order chi connectivity index (χ1) is 10.2. The van der Waals surface area contributed by atoms with Crippen LogP contribution in [0.2, 0.25) is 0 Å². The lowest BCUT2D eigenvalue weighted by Crippen LogP contribution is -2.32. The van der Waals surface area contributed by atoms with Gasteiger partial charge in [0.2, 0.25) is 5.91 Å². The topological polar surface area (TPSA) is 46.3 Å². The first kappa shape index (κ1) is 15.1. The number of rotatable bonds is 6. The molecule has 0 bridgehead atoms. The normalized spacial score (nSPS) is 10.3. The van der Waals surface area contributed by atoms with Crippen LogP contribution in [-0.2, 0) is 17.8 Å². The molecule has 0 heterocycles. The number of carbonyl (C=O) groups is 1. The van der Waals surface area contributed by atoms with Crippen LogP contribution >= 0.6 is 0 Å². The van der Waals surface area contributed by atoms with E-state index in [1.807, 2.05) is 47.4 Å². The summed E-state index contributed by atoms with van der Waals surface area (Å²) in [5, 5.41) is 0. The summed E-state index contributed by atoms with van der Waals surface area (Å²) in [7, 11) is 0. The zero-order chi connectivity index (χ0) is 15.1. The summed E-state index contributed by atoms with van der Waals surface area (Å²) < 4.78 is 0. The van der Waals surface area contributed by atoms with Gasteiger partial charge in [0, 0.05) is 18.8 Å². The van der Waals surface area contributed by atoms with E-state index in [9.17, 15) is 4.79 Å². The van der Waals surface area contributed by atoms with E-state index in [0.29, 0.717) is 18.7 Å². The minimum atomic E-state index is 0.145. The molecule has 2 aromatic carbocycles. The van der Waals surface area contributed by atoms with Crippen molar-refractivity contribution in [2.45, 2.75) is 26.3 Å². The van der Waals surface area contributed by atoms with Gasteiger partial charge in [-0.25, -0.2) is 0 Å². The van der Waals surface area contributed by atoms with Gasteiger partial charge >= 0.3 is 0 Å². The van der Waals surface area contributed by atoms with Crippen LogP contribution in [0, 0.1) is 0 Å². The molecule has 2 aromatic rings. The van der Waals surface area contributed by atoms with E-state index >= 15 is 0 Å². The lowest BCUT2D eigenvalue weighted by atomic mass is 10.1. The predicted molar refractivity (Wildman–Crippen MR) is 86.7 cm³/mol. The summed E-state index contributed by atoms with van der Waals surface area (Å²) in [6.07, 6.45) is 1.35. The Bertz CT molecular complexity index is 581. The van der Waals surface area contributed by atoms with Gasteiger partial charge in [0.05, 0.1) is 6.42 Å². The van der Waals surface area contributed by atoms with Crippen molar-refractivity contribution in [2.75, 3.05) is 12.3 Å². The molecule has 0 aliphatic heterocycles. The van der Waals surface area contributed by atoms with Crippen molar-refractivity contribution in [3.05, 3.63) is 65.7 Å². The van der Waals surface area contributed by atoms with Gasteiger partial charge < -0.3 is 10.6 Å². The number of benzene rings is 2. The van der Waals surface area contributed by atoms with Crippen molar-refractivity contribution < 1.29 is 4.79 Å². The van der Waals surface area contributed by atoms with E-state index in [-0.39, 0.29) is 5.91 Å². The number of nitrogen functional groups attached to an aromatic ring is 1. The zero-order valence-electron chi connectivity index (χ0n) is 12.5. The predicted octanol–water partition coefficient (Wildman–Crippen LogP) is 3.25. The number of hydrogen-bond donors (Lipinski definition) is 1. The minimum Gasteiger partial charge on any atom is -0.399 e. The molecule has 1 amide bonds. The van der Waals surface area contributed by atoms with Gasteiger partial charge in [-0.2, -0.15) is 0 Å². The summed E-state index contributed by atoms with van der Waals surface area (Å²) in [6, 6.07) is 17.6. The molecule has 2 N–H and O–H groups in total. The maximum atomic E-state index is 12.5. The van der Waals surface area contributed by atoms with Gasteiger partial charge in [-0.05, 0) is 29.7 Å². The molecule has 0 saturated heterocycles. The molecule has 3 nitrogen and oxygen atoms in total. The Morgan fingerprint density at radius 3 is 2.43 bits per heavy atom. The van der Waals surface area contributed by atoms with Crippen LogP contribution < -0.4 is 5.73 Å². The number of amides is 1. The van der Waals surface area contributed by atoms with Crippen LogP contribution in [0.5, 0.6) is 0 Å². The second-order valence-corrected chi connectivity index (χ2v) is 5.22. The SMILES string of the molecule is CCCN(Cc1ccccc1)C(=O)Cc1cccc(N)c1. The van der Waals surface area contributed by atoms with E-state index in [1.165, 1.54) is 0 Å². The third-order valence-electron chi connectivity index (χ3n) is 3.37. The number of anilines is 1. The molecule has 0 aliphatic rings. The highest BCUT2D eigenvalue weighted by Gasteiger charge is 2.13. The molecule has 0 saturated carbocycles. The highest BCUT2D eigenvalue weighted by atomic mass is 16.2. The Balaban J connectivity index is 2.05. The molecule has 0 radical (unpaired) electrons. The Morgan fingerprint density at radius 1 is 1.05 bits per heavy atom. The molecule has 0 atom stereocenters. The molecule has 0 fully saturated rings. The molecule has 0 aromatic heterocycles. The third kappa shape index (κ3) is 4.63. The van der Waals surface area contributed by atoms with Crippen molar-refractivity contribution in [1.82, 2.24) is 4.90 Å². The quantitative estimate of drug-likeness (QED) is 0.827. The number of nitrogens with zero attached hydrogens (tertiary/aromatic N) is 1. The average molecular weight is 282 g/mol. The zero-order valence-corrected chi connectivity index (χ0v) is 12.5. The summed E-state index contributed by atoms with van der Waals surface area (Å²) in [5.74, 6) is 0.145. The maximum absolute atomic E-state index is 12.5. The van der Waals surface area contributed by atoms with Gasteiger partial charge in [-0.15, -0.1) is 0 Å². The number of hydrogen-bond acceptors (Lipinski definition) is 2. The minimum absolute atomic E-state index is 0.145. The fourth-order valence-corrected chi connectivity index (χ4v) is 2.36. The van der Waals surface area contributed by atoms with Crippen molar-refractivity contribution >= 4 is 11.6 Å². The van der Waals surface area contributed by atoms with E-state index in [4.69, 9.17) is 5.73 Å². The largest absolute Gasteiger partial charge is 0.399 e. The molecule has 21 heavy (non-hydrogen) atoms. The van der Waals surface area contributed by atoms with Gasteiger partial charge in [-0.1, -0.05) is 49.4 Å². The summed E-state index contributed by atoms with van der Waals surface area (Å²) in [6.45, 7) is 3.53. The van der Waals surface area contributed by atoms with Crippen molar-refractivity contribution in [2.24, 2.45) is 0 Å². The van der Waals surface area contributed by atoms with Gasteiger partial charge in [0.1, 0.15) is 0 Å². The maximum Gasteiger partial charge on any atom is 0.227 e. The molecule has 3 heteroatoms. The number of carbonyl (C=O) groups excluding carboxylic acids is 1. The average Bonchev–Trinajstić information content (AvgIpc) is 2.48. The van der Waals surface area contributed by atoms with E-state index < -0.39 is 0 Å². The van der Waals surface area contributed by atoms with E-state index in [2.05, 4.69) is 19.1 Å². The molecular formula is C18H22N2O. The lowest BCUT2D eigenvalue weighted by molar-refractivity contribution is -0.131. The summed E-state index contributed by atoms with van der Waals surface area (Å²) >= 11 is 0. The highest BCUT2D eigenvalue weighted by Crippen LogP contribution is 2.11. The van der Waals surface area contributed by atoms with Gasteiger partial charge in [0.25, 0.3) is 0 Å². The van der Waals surface area contributed by atoms with Gasteiger partial charge in [-0.3, -0.25) is 4.79 Å². The van der Waals surface area contributed by atoms with E-state index in [1.54, 1.807) is 0 Å². The highest BCUT2D eigenvalue weighted by molar-refractivity contribution is 5.79. The van der Waals surface area contributed by atoms with Crippen LogP contribution in [0.4, 0.5) is 5.69 Å². The fourth-order valence-electron chi connectivity index (χ4n) is 2.36. The molecular weight excluding hydrogens is 260 g/mol. The van der Waals surface area contributed by atoms with Crippen molar-refractivity contribution in [1.29, 1.82) is 0 Å². The Kier molecular flexibility index (Phi) is 5.38. The summed E-state index contributed by atoms with van der Waals surface area (Å²) in [5.41, 5.74) is 8.59. The fraction of sp³-hybridized carbons (Fsp3) is 0.278. The second kappa shape index (κ2) is 7.48. The van der Waals surface area contributed by atoms with Crippen LogP contribution in [0.25, 0.3) is 0 Å². The van der Waals surface area contributed by atoms with Gasteiger partial charge in [0.15, 0.2) is 0 Å². The molecule has 0 aliphatic carbocycles. The van der Waals surface area contributed by atoms with Crippen LogP contribution in [0.3, 0.4) is 0 Å². The first-order valence-corrected chi connectivity index (χ1v) is 7.35. The smallest absolute Gasteiger partial charge is 0.227 e. The third-order valence-corrected chi connectivity index (χ3v) is 3.37. The molecule has 0 spiro atoms. The number of nitrogens with two attached hydrogens (primary N) is 1. The van der Waals surface area contributed by atoms with Crippen LogP contribution in [0.1, 0.15) is 24.5 Å². The van der Waals surface area contributed by atoms with Crippen LogP contribution in [0.15, 0.2) is 54.6 Å². The molecule has 2 rings (SSSR count). The van der Waals surface area contributed by atoms with Crippen molar-refractivity contribution in [3.8, 4) is 0 Å². The van der Waals surface area contributed by atoms with Crippen LogP contribution in [-0.4, -0.2) is 17.4 Å². The first-order valence-electron chi connectivity index (χ1n) is 7.35. The molecule has 0 unspecified atom stereocenters.